The summed E-state index contributed by atoms with van der Waals surface area (Å²) >= 11 is 10.8. The number of nitrogens with one attached hydrogen (secondary N) is 1. The lowest BCUT2D eigenvalue weighted by Crippen LogP contribution is -2.18. The van der Waals surface area contributed by atoms with Gasteiger partial charge in [-0.2, -0.15) is 0 Å². The van der Waals surface area contributed by atoms with Gasteiger partial charge in [-0.3, -0.25) is 0 Å². The Morgan fingerprint density at radius 2 is 2.15 bits per heavy atom. The first-order valence-electron chi connectivity index (χ1n) is 8.28. The molecule has 0 aliphatic carbocycles. The van der Waals surface area contributed by atoms with Crippen LogP contribution in [-0.4, -0.2) is 34.4 Å². The van der Waals surface area contributed by atoms with E-state index >= 15 is 0 Å². The summed E-state index contributed by atoms with van der Waals surface area (Å²) in [6, 6.07) is 7.77. The van der Waals surface area contributed by atoms with E-state index in [4.69, 9.17) is 21.3 Å². The van der Waals surface area contributed by atoms with E-state index in [2.05, 4.69) is 20.9 Å². The molecule has 1 atom stereocenters. The van der Waals surface area contributed by atoms with Gasteiger partial charge in [-0.25, -0.2) is 4.98 Å². The van der Waals surface area contributed by atoms with Crippen LogP contribution in [0.1, 0.15) is 18.5 Å². The maximum absolute atomic E-state index is 5.94. The Morgan fingerprint density at radius 1 is 1.27 bits per heavy atom. The number of nitrogens with zero attached hydrogens (tertiary/aromatic N) is 3. The molecular weight excluding hydrogens is 408 g/mol. The molecule has 0 spiro atoms. The lowest BCUT2D eigenvalue weighted by atomic mass is 10.2. The maximum Gasteiger partial charge on any atom is 0.206 e. The van der Waals surface area contributed by atoms with Crippen LogP contribution in [0.4, 0.5) is 5.13 Å². The van der Waals surface area contributed by atoms with Crippen molar-refractivity contribution in [2.45, 2.75) is 29.0 Å². The van der Waals surface area contributed by atoms with Gasteiger partial charge in [-0.15, -0.1) is 21.5 Å². The van der Waals surface area contributed by atoms with Gasteiger partial charge in [-0.05, 0) is 25.0 Å². The van der Waals surface area contributed by atoms with E-state index in [-0.39, 0.29) is 0 Å². The highest BCUT2D eigenvalue weighted by atomic mass is 35.5. The predicted octanol–water partition coefficient (Wildman–Crippen LogP) is 5.20. The van der Waals surface area contributed by atoms with Crippen LogP contribution in [0.25, 0.3) is 10.6 Å². The van der Waals surface area contributed by atoms with Crippen LogP contribution in [-0.2, 0) is 10.5 Å². The zero-order valence-electron chi connectivity index (χ0n) is 13.9. The number of hydrogen-bond acceptors (Lipinski definition) is 8. The molecule has 1 fully saturated rings. The van der Waals surface area contributed by atoms with Crippen molar-refractivity contribution in [3.05, 3.63) is 40.4 Å². The second kappa shape index (κ2) is 8.67. The fourth-order valence-electron chi connectivity index (χ4n) is 2.58. The molecule has 0 amide bonds. The maximum atomic E-state index is 5.94. The van der Waals surface area contributed by atoms with E-state index in [0.717, 1.165) is 62.5 Å². The molecule has 2 aromatic heterocycles. The zero-order valence-corrected chi connectivity index (χ0v) is 17.1. The first-order valence-corrected chi connectivity index (χ1v) is 11.3. The second-order valence-corrected chi connectivity index (χ2v) is 9.32. The number of aromatic nitrogens is 3. The number of thioether (sulfide) groups is 1. The normalized spacial score (nSPS) is 16.9. The van der Waals surface area contributed by atoms with Crippen molar-refractivity contribution in [2.24, 2.45) is 0 Å². The summed E-state index contributed by atoms with van der Waals surface area (Å²) in [6.07, 6.45) is 2.57. The summed E-state index contributed by atoms with van der Waals surface area (Å²) in [6.45, 7) is 1.67. The van der Waals surface area contributed by atoms with Crippen molar-refractivity contribution in [1.82, 2.24) is 15.2 Å². The average molecular weight is 425 g/mol. The summed E-state index contributed by atoms with van der Waals surface area (Å²) in [5.41, 5.74) is 2.14. The van der Waals surface area contributed by atoms with Crippen molar-refractivity contribution < 1.29 is 4.74 Å². The van der Waals surface area contributed by atoms with Gasteiger partial charge in [0.25, 0.3) is 0 Å². The summed E-state index contributed by atoms with van der Waals surface area (Å²) in [7, 11) is 0. The number of halogens is 1. The van der Waals surface area contributed by atoms with Gasteiger partial charge < -0.3 is 10.1 Å². The Morgan fingerprint density at radius 3 is 2.96 bits per heavy atom. The number of anilines is 1. The minimum Gasteiger partial charge on any atom is -0.376 e. The van der Waals surface area contributed by atoms with E-state index in [1.54, 1.807) is 34.4 Å². The van der Waals surface area contributed by atoms with E-state index in [1.807, 2.05) is 24.3 Å². The molecule has 0 radical (unpaired) electrons. The molecule has 0 saturated carbocycles. The van der Waals surface area contributed by atoms with Gasteiger partial charge in [-0.1, -0.05) is 46.8 Å². The molecule has 136 valence electrons. The van der Waals surface area contributed by atoms with Crippen LogP contribution in [0.15, 0.2) is 34.0 Å². The van der Waals surface area contributed by atoms with Crippen LogP contribution in [0.2, 0.25) is 5.02 Å². The van der Waals surface area contributed by atoms with Gasteiger partial charge in [0.2, 0.25) is 5.13 Å². The average Bonchev–Trinajstić information content (AvgIpc) is 3.40. The fourth-order valence-corrected chi connectivity index (χ4v) is 5.29. The van der Waals surface area contributed by atoms with Gasteiger partial charge in [0, 0.05) is 34.9 Å². The molecule has 0 bridgehead atoms. The molecule has 3 heterocycles. The largest absolute Gasteiger partial charge is 0.376 e. The number of rotatable bonds is 7. The lowest BCUT2D eigenvalue weighted by molar-refractivity contribution is 0.120. The molecule has 1 saturated heterocycles. The topological polar surface area (TPSA) is 59.9 Å². The molecular formula is C17H17ClN4OS3. The van der Waals surface area contributed by atoms with Crippen LogP contribution < -0.4 is 5.32 Å². The molecule has 0 unspecified atom stereocenters. The van der Waals surface area contributed by atoms with Crippen LogP contribution in [0.3, 0.4) is 0 Å². The van der Waals surface area contributed by atoms with Gasteiger partial charge in [0.15, 0.2) is 4.34 Å². The van der Waals surface area contributed by atoms with E-state index < -0.39 is 0 Å². The summed E-state index contributed by atoms with van der Waals surface area (Å²) < 4.78 is 6.55. The second-order valence-electron chi connectivity index (χ2n) is 5.83. The molecule has 4 rings (SSSR count). The highest BCUT2D eigenvalue weighted by molar-refractivity contribution is 8.00. The fraction of sp³-hybridized carbons (Fsp3) is 0.353. The van der Waals surface area contributed by atoms with Gasteiger partial charge >= 0.3 is 0 Å². The molecule has 1 aromatic carbocycles. The SMILES string of the molecule is Clc1ccc(-c2nc(CSc3nnc(NC[C@@H]4CCCO4)s3)cs2)cc1. The Bertz CT molecular complexity index is 846. The Balaban J connectivity index is 1.29. The smallest absolute Gasteiger partial charge is 0.206 e. The molecule has 5 nitrogen and oxygen atoms in total. The number of benzene rings is 1. The molecule has 26 heavy (non-hydrogen) atoms. The zero-order chi connectivity index (χ0) is 17.8. The number of thiazole rings is 1. The summed E-state index contributed by atoms with van der Waals surface area (Å²) in [5, 5.41) is 16.4. The standard InChI is InChI=1S/C17H17ClN4OS3/c18-12-5-3-11(4-6-12)15-20-13(9-24-15)10-25-17-22-21-16(26-17)19-8-14-2-1-7-23-14/h3-6,9,14H,1-2,7-8,10H2,(H,19,21)/t14-/m0/s1. The first-order chi connectivity index (χ1) is 12.8. The molecule has 3 aromatic rings. The summed E-state index contributed by atoms with van der Waals surface area (Å²) in [5.74, 6) is 0.782. The van der Waals surface area contributed by atoms with Crippen molar-refractivity contribution >= 4 is 51.2 Å². The number of ether oxygens (including phenoxy) is 1. The Hall–Kier alpha value is -1.19. The number of hydrogen-bond donors (Lipinski definition) is 1. The quantitative estimate of drug-likeness (QED) is 0.526. The van der Waals surface area contributed by atoms with E-state index in [1.165, 1.54) is 0 Å². The van der Waals surface area contributed by atoms with E-state index in [9.17, 15) is 0 Å². The van der Waals surface area contributed by atoms with Crippen molar-refractivity contribution in [2.75, 3.05) is 18.5 Å². The Kier molecular flexibility index (Phi) is 6.06. The minimum atomic E-state index is 0.302. The highest BCUT2D eigenvalue weighted by Crippen LogP contribution is 2.31. The molecule has 1 aliphatic heterocycles. The molecule has 1 N–H and O–H groups in total. The molecule has 1 aliphatic rings. The molecule has 9 heteroatoms. The van der Waals surface area contributed by atoms with Crippen molar-refractivity contribution in [3.8, 4) is 10.6 Å². The van der Waals surface area contributed by atoms with Gasteiger partial charge in [0.1, 0.15) is 5.01 Å². The minimum absolute atomic E-state index is 0.302. The van der Waals surface area contributed by atoms with E-state index in [0.29, 0.717) is 6.10 Å². The third-order valence-electron chi connectivity index (χ3n) is 3.90. The lowest BCUT2D eigenvalue weighted by Gasteiger charge is -2.08. The predicted molar refractivity (Wildman–Crippen MR) is 109 cm³/mol. The third kappa shape index (κ3) is 4.75. The first kappa shape index (κ1) is 18.2. The van der Waals surface area contributed by atoms with Crippen molar-refractivity contribution in [1.29, 1.82) is 0 Å². The van der Waals surface area contributed by atoms with Crippen molar-refractivity contribution in [3.63, 3.8) is 0 Å². The van der Waals surface area contributed by atoms with Crippen LogP contribution >= 0.6 is 46.0 Å². The summed E-state index contributed by atoms with van der Waals surface area (Å²) in [4.78, 5) is 4.70. The van der Waals surface area contributed by atoms with Gasteiger partial charge in [0.05, 0.1) is 11.8 Å². The monoisotopic (exact) mass is 424 g/mol. The highest BCUT2D eigenvalue weighted by Gasteiger charge is 2.16. The Labute approximate surface area is 169 Å². The van der Waals surface area contributed by atoms with Crippen LogP contribution in [0, 0.1) is 0 Å². The third-order valence-corrected chi connectivity index (χ3v) is 7.14. The van der Waals surface area contributed by atoms with Crippen LogP contribution in [0.5, 0.6) is 0 Å².